The molecule has 5 nitrogen and oxygen atoms in total. The molecular formula is C10H15N5. The van der Waals surface area contributed by atoms with Crippen LogP contribution in [0.4, 0.5) is 0 Å². The first-order valence-corrected chi connectivity index (χ1v) is 5.06. The van der Waals surface area contributed by atoms with Gasteiger partial charge in [-0.1, -0.05) is 13.8 Å². The van der Waals surface area contributed by atoms with Crippen molar-refractivity contribution < 1.29 is 0 Å². The summed E-state index contributed by atoms with van der Waals surface area (Å²) in [5.41, 5.74) is 2.04. The maximum absolute atomic E-state index is 4.13. The Bertz CT molecular complexity index is 440. The lowest BCUT2D eigenvalue weighted by Crippen LogP contribution is -2.05. The molecule has 0 atom stereocenters. The molecule has 2 heterocycles. The minimum Gasteiger partial charge on any atom is -0.313 e. The smallest absolute Gasteiger partial charge is 0.167 e. The van der Waals surface area contributed by atoms with Crippen molar-refractivity contribution in [3.05, 3.63) is 18.2 Å². The first-order valence-electron chi connectivity index (χ1n) is 5.06. The van der Waals surface area contributed by atoms with E-state index in [1.54, 1.807) is 12.5 Å². The highest BCUT2D eigenvalue weighted by Gasteiger charge is 2.11. The van der Waals surface area contributed by atoms with Crippen molar-refractivity contribution in [1.29, 1.82) is 0 Å². The molecule has 0 bridgehead atoms. The average Bonchev–Trinajstić information content (AvgIpc) is 2.73. The molecule has 0 aliphatic carbocycles. The van der Waals surface area contributed by atoms with Gasteiger partial charge < -0.3 is 4.57 Å². The topological polar surface area (TPSA) is 59.4 Å². The Morgan fingerprint density at radius 1 is 1.47 bits per heavy atom. The zero-order valence-electron chi connectivity index (χ0n) is 9.23. The first kappa shape index (κ1) is 9.89. The maximum atomic E-state index is 4.13. The Morgan fingerprint density at radius 2 is 2.27 bits per heavy atom. The summed E-state index contributed by atoms with van der Waals surface area (Å²) in [5.74, 6) is 1.46. The van der Waals surface area contributed by atoms with Crippen molar-refractivity contribution in [2.45, 2.75) is 27.3 Å². The van der Waals surface area contributed by atoms with Crippen LogP contribution in [0.3, 0.4) is 0 Å². The molecule has 0 unspecified atom stereocenters. The number of H-pyrrole nitrogens is 1. The minimum atomic E-state index is 0.576. The van der Waals surface area contributed by atoms with E-state index < -0.39 is 0 Å². The first-order chi connectivity index (χ1) is 7.18. The fourth-order valence-corrected chi connectivity index (χ4v) is 1.57. The average molecular weight is 205 g/mol. The van der Waals surface area contributed by atoms with Gasteiger partial charge in [0, 0.05) is 12.2 Å². The van der Waals surface area contributed by atoms with E-state index in [0.717, 1.165) is 23.6 Å². The van der Waals surface area contributed by atoms with Gasteiger partial charge in [-0.15, -0.1) is 10.2 Å². The number of nitrogens with zero attached hydrogens (tertiary/aromatic N) is 4. The lowest BCUT2D eigenvalue weighted by Gasteiger charge is -2.08. The standard InChI is InChI=1S/C10H15N5/c1-7(2)5-15-6-12-14-10(15)9-4-11-13-8(9)3/h4,6-7H,5H2,1-3H3,(H,11,13). The SMILES string of the molecule is Cc1[nH]ncc1-c1nncn1CC(C)C. The highest BCUT2D eigenvalue weighted by Crippen LogP contribution is 2.19. The highest BCUT2D eigenvalue weighted by molar-refractivity contribution is 5.56. The van der Waals surface area contributed by atoms with Crippen LogP contribution >= 0.6 is 0 Å². The van der Waals surface area contributed by atoms with E-state index in [0.29, 0.717) is 5.92 Å². The van der Waals surface area contributed by atoms with Crippen LogP contribution in [-0.2, 0) is 6.54 Å². The molecule has 0 saturated carbocycles. The third-order valence-electron chi connectivity index (χ3n) is 2.25. The Hall–Kier alpha value is -1.65. The largest absolute Gasteiger partial charge is 0.313 e. The van der Waals surface area contributed by atoms with Crippen molar-refractivity contribution in [2.75, 3.05) is 0 Å². The fraction of sp³-hybridized carbons (Fsp3) is 0.500. The highest BCUT2D eigenvalue weighted by atomic mass is 15.3. The number of aromatic amines is 1. The van der Waals surface area contributed by atoms with E-state index >= 15 is 0 Å². The summed E-state index contributed by atoms with van der Waals surface area (Å²) in [6.45, 7) is 7.25. The second-order valence-corrected chi connectivity index (χ2v) is 4.11. The maximum Gasteiger partial charge on any atom is 0.167 e. The van der Waals surface area contributed by atoms with Gasteiger partial charge in [-0.25, -0.2) is 0 Å². The number of aromatic nitrogens is 5. The van der Waals surface area contributed by atoms with E-state index in [-0.39, 0.29) is 0 Å². The van der Waals surface area contributed by atoms with E-state index in [4.69, 9.17) is 0 Å². The molecule has 0 aromatic carbocycles. The van der Waals surface area contributed by atoms with E-state index in [2.05, 4.69) is 38.8 Å². The summed E-state index contributed by atoms with van der Waals surface area (Å²) >= 11 is 0. The van der Waals surface area contributed by atoms with Crippen LogP contribution in [0.25, 0.3) is 11.4 Å². The molecule has 15 heavy (non-hydrogen) atoms. The second kappa shape index (κ2) is 3.84. The predicted molar refractivity (Wildman–Crippen MR) is 57.2 cm³/mol. The predicted octanol–water partition coefficient (Wildman–Crippen LogP) is 1.63. The lowest BCUT2D eigenvalue weighted by atomic mass is 10.2. The quantitative estimate of drug-likeness (QED) is 0.828. The number of aryl methyl sites for hydroxylation is 1. The summed E-state index contributed by atoms with van der Waals surface area (Å²) in [4.78, 5) is 0. The molecule has 80 valence electrons. The number of hydrogen-bond donors (Lipinski definition) is 1. The van der Waals surface area contributed by atoms with Gasteiger partial charge in [0.15, 0.2) is 5.82 Å². The van der Waals surface area contributed by atoms with Crippen molar-refractivity contribution in [1.82, 2.24) is 25.0 Å². The Labute approximate surface area is 88.5 Å². The van der Waals surface area contributed by atoms with Crippen LogP contribution < -0.4 is 0 Å². The molecule has 2 aromatic rings. The second-order valence-electron chi connectivity index (χ2n) is 4.11. The van der Waals surface area contributed by atoms with E-state index in [9.17, 15) is 0 Å². The zero-order chi connectivity index (χ0) is 10.8. The van der Waals surface area contributed by atoms with Gasteiger partial charge >= 0.3 is 0 Å². The van der Waals surface area contributed by atoms with Crippen molar-refractivity contribution in [3.8, 4) is 11.4 Å². The van der Waals surface area contributed by atoms with Crippen LogP contribution in [0.5, 0.6) is 0 Å². The minimum absolute atomic E-state index is 0.576. The van der Waals surface area contributed by atoms with Crippen molar-refractivity contribution >= 4 is 0 Å². The van der Waals surface area contributed by atoms with E-state index in [1.165, 1.54) is 0 Å². The number of hydrogen-bond acceptors (Lipinski definition) is 3. The van der Waals surface area contributed by atoms with Gasteiger partial charge in [-0.3, -0.25) is 5.10 Å². The summed E-state index contributed by atoms with van der Waals surface area (Å²) in [5, 5.41) is 15.0. The van der Waals surface area contributed by atoms with Crippen LogP contribution in [0.1, 0.15) is 19.5 Å². The normalized spacial score (nSPS) is 11.2. The molecule has 5 heteroatoms. The van der Waals surface area contributed by atoms with E-state index in [1.807, 2.05) is 6.92 Å². The van der Waals surface area contributed by atoms with Crippen LogP contribution in [-0.4, -0.2) is 25.0 Å². The summed E-state index contributed by atoms with van der Waals surface area (Å²) < 4.78 is 2.06. The molecular weight excluding hydrogens is 190 g/mol. The van der Waals surface area contributed by atoms with Gasteiger partial charge in [0.25, 0.3) is 0 Å². The third-order valence-corrected chi connectivity index (χ3v) is 2.25. The Morgan fingerprint density at radius 3 is 2.87 bits per heavy atom. The lowest BCUT2D eigenvalue weighted by molar-refractivity contribution is 0.525. The molecule has 2 rings (SSSR count). The van der Waals surface area contributed by atoms with Crippen LogP contribution in [0, 0.1) is 12.8 Å². The Balaban J connectivity index is 2.37. The molecule has 0 amide bonds. The molecule has 0 aliphatic heterocycles. The van der Waals surface area contributed by atoms with Gasteiger partial charge in [0.1, 0.15) is 6.33 Å². The van der Waals surface area contributed by atoms with Gasteiger partial charge in [0.2, 0.25) is 0 Å². The van der Waals surface area contributed by atoms with Crippen LogP contribution in [0.2, 0.25) is 0 Å². The molecule has 0 radical (unpaired) electrons. The molecule has 0 saturated heterocycles. The Kier molecular flexibility index (Phi) is 2.53. The van der Waals surface area contributed by atoms with Gasteiger partial charge in [0.05, 0.1) is 11.8 Å². The summed E-state index contributed by atoms with van der Waals surface area (Å²) in [7, 11) is 0. The summed E-state index contributed by atoms with van der Waals surface area (Å²) in [6.07, 6.45) is 3.55. The third kappa shape index (κ3) is 1.91. The molecule has 0 aliphatic rings. The molecule has 0 fully saturated rings. The monoisotopic (exact) mass is 205 g/mol. The molecule has 0 spiro atoms. The molecule has 2 aromatic heterocycles. The van der Waals surface area contributed by atoms with Crippen LogP contribution in [0.15, 0.2) is 12.5 Å². The van der Waals surface area contributed by atoms with Crippen molar-refractivity contribution in [3.63, 3.8) is 0 Å². The number of nitrogens with one attached hydrogen (secondary N) is 1. The van der Waals surface area contributed by atoms with Crippen molar-refractivity contribution in [2.24, 2.45) is 5.92 Å². The van der Waals surface area contributed by atoms with Gasteiger partial charge in [-0.05, 0) is 12.8 Å². The number of rotatable bonds is 3. The summed E-state index contributed by atoms with van der Waals surface area (Å²) in [6, 6.07) is 0. The zero-order valence-corrected chi connectivity index (χ0v) is 9.23. The molecule has 1 N–H and O–H groups in total. The van der Waals surface area contributed by atoms with Gasteiger partial charge in [-0.2, -0.15) is 5.10 Å². The fourth-order valence-electron chi connectivity index (χ4n) is 1.57.